The Kier molecular flexibility index (Phi) is 5.44. The van der Waals surface area contributed by atoms with Gasteiger partial charge in [-0.2, -0.15) is 4.31 Å². The van der Waals surface area contributed by atoms with Crippen LogP contribution >= 0.6 is 0 Å². The van der Waals surface area contributed by atoms with Crippen LogP contribution in [0.1, 0.15) is 27.9 Å². The fraction of sp³-hybridized carbons (Fsp3) is 0.350. The van der Waals surface area contributed by atoms with Crippen molar-refractivity contribution in [1.82, 2.24) is 9.21 Å². The molecule has 26 heavy (non-hydrogen) atoms. The molecule has 0 saturated carbocycles. The molecule has 1 aliphatic rings. The van der Waals surface area contributed by atoms with Gasteiger partial charge in [0.25, 0.3) is 5.91 Å². The Morgan fingerprint density at radius 3 is 2.19 bits per heavy atom. The van der Waals surface area contributed by atoms with Gasteiger partial charge in [0.05, 0.1) is 4.90 Å². The van der Waals surface area contributed by atoms with Gasteiger partial charge >= 0.3 is 0 Å². The number of sulfonamides is 1. The molecule has 0 radical (unpaired) electrons. The Hall–Kier alpha value is -2.18. The third-order valence-corrected chi connectivity index (χ3v) is 6.89. The van der Waals surface area contributed by atoms with E-state index in [-0.39, 0.29) is 5.91 Å². The lowest BCUT2D eigenvalue weighted by Gasteiger charge is -2.23. The normalized spacial score (nSPS) is 16.3. The Morgan fingerprint density at radius 1 is 0.846 bits per heavy atom. The molecule has 2 aromatic carbocycles. The quantitative estimate of drug-likeness (QED) is 0.832. The maximum absolute atomic E-state index is 13.0. The molecule has 0 N–H and O–H groups in total. The van der Waals surface area contributed by atoms with E-state index in [2.05, 4.69) is 0 Å². The van der Waals surface area contributed by atoms with Crippen LogP contribution in [0.3, 0.4) is 0 Å². The maximum atomic E-state index is 13.0. The molecule has 0 aliphatic carbocycles. The van der Waals surface area contributed by atoms with E-state index < -0.39 is 10.0 Å². The Bertz CT molecular complexity index is 909. The minimum absolute atomic E-state index is 0.0294. The topological polar surface area (TPSA) is 57.7 Å². The summed E-state index contributed by atoms with van der Waals surface area (Å²) in [5, 5.41) is 0. The molecule has 0 spiro atoms. The van der Waals surface area contributed by atoms with Gasteiger partial charge in [-0.1, -0.05) is 36.4 Å². The van der Waals surface area contributed by atoms with E-state index >= 15 is 0 Å². The predicted octanol–water partition coefficient (Wildman–Crippen LogP) is 2.84. The number of benzene rings is 2. The summed E-state index contributed by atoms with van der Waals surface area (Å²) in [7, 11) is -3.54. The number of rotatable bonds is 3. The van der Waals surface area contributed by atoms with E-state index in [0.717, 1.165) is 11.1 Å². The zero-order valence-corrected chi connectivity index (χ0v) is 16.0. The van der Waals surface area contributed by atoms with Crippen molar-refractivity contribution in [3.63, 3.8) is 0 Å². The van der Waals surface area contributed by atoms with E-state index in [4.69, 9.17) is 0 Å². The zero-order valence-electron chi connectivity index (χ0n) is 15.2. The summed E-state index contributed by atoms with van der Waals surface area (Å²) in [6.45, 7) is 5.42. The predicted molar refractivity (Wildman–Crippen MR) is 102 cm³/mol. The molecule has 3 rings (SSSR count). The first kappa shape index (κ1) is 18.6. The first-order chi connectivity index (χ1) is 12.4. The molecule has 1 aliphatic heterocycles. The summed E-state index contributed by atoms with van der Waals surface area (Å²) in [5.74, 6) is -0.0294. The van der Waals surface area contributed by atoms with Crippen LogP contribution in [0.25, 0.3) is 0 Å². The van der Waals surface area contributed by atoms with Gasteiger partial charge < -0.3 is 4.90 Å². The fourth-order valence-corrected chi connectivity index (χ4v) is 5.00. The van der Waals surface area contributed by atoms with Crippen LogP contribution in [-0.2, 0) is 10.0 Å². The molecule has 6 heteroatoms. The highest BCUT2D eigenvalue weighted by molar-refractivity contribution is 7.89. The second kappa shape index (κ2) is 7.60. The lowest BCUT2D eigenvalue weighted by Crippen LogP contribution is -2.37. The van der Waals surface area contributed by atoms with Gasteiger partial charge in [-0.3, -0.25) is 4.79 Å². The largest absolute Gasteiger partial charge is 0.337 e. The van der Waals surface area contributed by atoms with Crippen molar-refractivity contribution in [2.24, 2.45) is 0 Å². The van der Waals surface area contributed by atoms with Crippen LogP contribution in [0.2, 0.25) is 0 Å². The summed E-state index contributed by atoms with van der Waals surface area (Å²) < 4.78 is 27.5. The summed E-state index contributed by atoms with van der Waals surface area (Å²) in [5.41, 5.74) is 2.36. The summed E-state index contributed by atoms with van der Waals surface area (Å²) in [6.07, 6.45) is 0.628. The highest BCUT2D eigenvalue weighted by Crippen LogP contribution is 2.21. The summed E-state index contributed by atoms with van der Waals surface area (Å²) in [4.78, 5) is 14.9. The van der Waals surface area contributed by atoms with Crippen LogP contribution < -0.4 is 0 Å². The SMILES string of the molecule is Cc1ccccc1C(=O)N1CCCN(S(=O)(=O)c2ccccc2C)CC1. The summed E-state index contributed by atoms with van der Waals surface area (Å²) in [6, 6.07) is 14.5. The van der Waals surface area contributed by atoms with Crippen molar-refractivity contribution in [3.05, 3.63) is 65.2 Å². The van der Waals surface area contributed by atoms with Crippen LogP contribution in [0.4, 0.5) is 0 Å². The van der Waals surface area contributed by atoms with E-state index in [1.807, 2.05) is 37.3 Å². The van der Waals surface area contributed by atoms with E-state index in [1.54, 1.807) is 30.0 Å². The van der Waals surface area contributed by atoms with Crippen LogP contribution in [0.15, 0.2) is 53.4 Å². The minimum Gasteiger partial charge on any atom is -0.337 e. The highest BCUT2D eigenvalue weighted by Gasteiger charge is 2.29. The van der Waals surface area contributed by atoms with Crippen LogP contribution in [0.5, 0.6) is 0 Å². The third kappa shape index (κ3) is 3.66. The van der Waals surface area contributed by atoms with Gasteiger partial charge in [0, 0.05) is 31.7 Å². The van der Waals surface area contributed by atoms with Crippen molar-refractivity contribution < 1.29 is 13.2 Å². The third-order valence-electron chi connectivity index (χ3n) is 4.83. The van der Waals surface area contributed by atoms with Crippen molar-refractivity contribution in [3.8, 4) is 0 Å². The van der Waals surface area contributed by atoms with Gasteiger partial charge in [-0.05, 0) is 43.5 Å². The zero-order chi connectivity index (χ0) is 18.7. The number of carbonyl (C=O) groups is 1. The number of nitrogens with zero attached hydrogens (tertiary/aromatic N) is 2. The minimum atomic E-state index is -3.54. The Balaban J connectivity index is 1.77. The average Bonchev–Trinajstić information content (AvgIpc) is 2.88. The lowest BCUT2D eigenvalue weighted by molar-refractivity contribution is 0.0763. The number of aryl methyl sites for hydroxylation is 2. The van der Waals surface area contributed by atoms with Gasteiger partial charge in [-0.15, -0.1) is 0 Å². The monoisotopic (exact) mass is 372 g/mol. The van der Waals surface area contributed by atoms with Gasteiger partial charge in [0.1, 0.15) is 0 Å². The molecule has 1 saturated heterocycles. The second-order valence-corrected chi connectivity index (χ2v) is 8.54. The van der Waals surface area contributed by atoms with Crippen molar-refractivity contribution in [1.29, 1.82) is 0 Å². The molecule has 2 aromatic rings. The maximum Gasteiger partial charge on any atom is 0.254 e. The second-order valence-electron chi connectivity index (χ2n) is 6.63. The number of hydrogen-bond acceptors (Lipinski definition) is 3. The fourth-order valence-electron chi connectivity index (χ4n) is 3.31. The van der Waals surface area contributed by atoms with Crippen molar-refractivity contribution in [2.45, 2.75) is 25.2 Å². The Labute approximate surface area is 155 Å². The molecule has 5 nitrogen and oxygen atoms in total. The first-order valence-corrected chi connectivity index (χ1v) is 10.3. The standard InChI is InChI=1S/C20H24N2O3S/c1-16-8-3-5-10-18(16)20(23)21-12-7-13-22(15-14-21)26(24,25)19-11-6-4-9-17(19)2/h3-6,8-11H,7,12-15H2,1-2H3. The molecule has 0 aromatic heterocycles. The molecule has 1 fully saturated rings. The lowest BCUT2D eigenvalue weighted by atomic mass is 10.1. The molecular weight excluding hydrogens is 348 g/mol. The molecule has 0 unspecified atom stereocenters. The Morgan fingerprint density at radius 2 is 1.50 bits per heavy atom. The van der Waals surface area contributed by atoms with E-state index in [9.17, 15) is 13.2 Å². The van der Waals surface area contributed by atoms with E-state index in [0.29, 0.717) is 43.1 Å². The van der Waals surface area contributed by atoms with Gasteiger partial charge in [0.15, 0.2) is 0 Å². The summed E-state index contributed by atoms with van der Waals surface area (Å²) >= 11 is 0. The van der Waals surface area contributed by atoms with Gasteiger partial charge in [-0.25, -0.2) is 8.42 Å². The molecule has 1 heterocycles. The first-order valence-electron chi connectivity index (χ1n) is 8.82. The smallest absolute Gasteiger partial charge is 0.254 e. The van der Waals surface area contributed by atoms with E-state index in [1.165, 1.54) is 4.31 Å². The number of amides is 1. The van der Waals surface area contributed by atoms with Gasteiger partial charge in [0.2, 0.25) is 10.0 Å². The van der Waals surface area contributed by atoms with Crippen molar-refractivity contribution >= 4 is 15.9 Å². The molecule has 1 amide bonds. The van der Waals surface area contributed by atoms with Crippen molar-refractivity contribution in [2.75, 3.05) is 26.2 Å². The molecule has 0 bridgehead atoms. The number of carbonyl (C=O) groups excluding carboxylic acids is 1. The molecular formula is C20H24N2O3S. The number of hydrogen-bond donors (Lipinski definition) is 0. The molecule has 0 atom stereocenters. The highest BCUT2D eigenvalue weighted by atomic mass is 32.2. The average molecular weight is 372 g/mol. The molecule has 138 valence electrons. The van der Waals surface area contributed by atoms with Crippen LogP contribution in [-0.4, -0.2) is 49.7 Å². The van der Waals surface area contributed by atoms with Crippen LogP contribution in [0, 0.1) is 13.8 Å².